The van der Waals surface area contributed by atoms with Crippen LogP contribution in [0.2, 0.25) is 0 Å². The maximum Gasteiger partial charge on any atom is 0.490 e. The van der Waals surface area contributed by atoms with Gasteiger partial charge in [-0.1, -0.05) is 6.07 Å². The highest BCUT2D eigenvalue weighted by molar-refractivity contribution is 7.09. The molecule has 2 saturated heterocycles. The number of hydrogen-bond acceptors (Lipinski definition) is 7. The summed E-state index contributed by atoms with van der Waals surface area (Å²) in [4.78, 5) is 32.6. The lowest BCUT2D eigenvalue weighted by atomic mass is 9.77. The van der Waals surface area contributed by atoms with E-state index < -0.39 is 12.1 Å². The summed E-state index contributed by atoms with van der Waals surface area (Å²) in [5.41, 5.74) is 0.718. The van der Waals surface area contributed by atoms with Crippen LogP contribution in [0.25, 0.3) is 0 Å². The standard InChI is InChI=1S/C18H22N4O2S.C2HF3O2/c1-13-11-25-16(21-13)9-22-7-5-18(12-22)14(8-20-17(18)23)10-24-15-4-2-3-6-19-15;3-2(4,5)1(6)7/h2-4,6,11,14H,5,7-10,12H2,1H3,(H,20,23);(H,6,7)/t14-,18+;/m0./s1. The fourth-order valence-electron chi connectivity index (χ4n) is 3.84. The highest BCUT2D eigenvalue weighted by Crippen LogP contribution is 2.42. The van der Waals surface area contributed by atoms with Gasteiger partial charge in [0.1, 0.15) is 5.01 Å². The molecule has 0 unspecified atom stereocenters. The van der Waals surface area contributed by atoms with Crippen molar-refractivity contribution in [3.05, 3.63) is 40.5 Å². The van der Waals surface area contributed by atoms with Gasteiger partial charge in [-0.25, -0.2) is 14.8 Å². The number of ether oxygens (including phenoxy) is 1. The molecule has 2 aromatic heterocycles. The van der Waals surface area contributed by atoms with Gasteiger partial charge in [0.2, 0.25) is 11.8 Å². The van der Waals surface area contributed by atoms with Crippen molar-refractivity contribution in [3.63, 3.8) is 0 Å². The predicted octanol–water partition coefficient (Wildman–Crippen LogP) is 2.50. The third kappa shape index (κ3) is 5.74. The number of pyridine rings is 1. The molecule has 2 aromatic rings. The molecule has 2 N–H and O–H groups in total. The molecular formula is C20H23F3N4O4S. The molecule has 0 radical (unpaired) electrons. The van der Waals surface area contributed by atoms with Gasteiger partial charge in [-0.2, -0.15) is 13.2 Å². The Balaban J connectivity index is 0.000000360. The minimum atomic E-state index is -5.08. The van der Waals surface area contributed by atoms with E-state index in [0.29, 0.717) is 19.0 Å². The lowest BCUT2D eigenvalue weighted by Gasteiger charge is -2.28. The van der Waals surface area contributed by atoms with Crippen LogP contribution in [0.5, 0.6) is 5.88 Å². The van der Waals surface area contributed by atoms with E-state index in [-0.39, 0.29) is 17.2 Å². The van der Waals surface area contributed by atoms with Gasteiger partial charge in [0.25, 0.3) is 0 Å². The molecule has 1 spiro atoms. The minimum Gasteiger partial charge on any atom is -0.477 e. The summed E-state index contributed by atoms with van der Waals surface area (Å²) in [6.45, 7) is 5.72. The van der Waals surface area contributed by atoms with Crippen LogP contribution in [-0.2, 0) is 16.1 Å². The Morgan fingerprint density at radius 1 is 1.44 bits per heavy atom. The zero-order chi connectivity index (χ0) is 23.4. The van der Waals surface area contributed by atoms with Crippen molar-refractivity contribution in [1.29, 1.82) is 0 Å². The first-order chi connectivity index (χ1) is 15.1. The van der Waals surface area contributed by atoms with Crippen molar-refractivity contribution >= 4 is 23.2 Å². The molecule has 0 aromatic carbocycles. The predicted molar refractivity (Wildman–Crippen MR) is 109 cm³/mol. The van der Waals surface area contributed by atoms with Gasteiger partial charge in [0.05, 0.1) is 18.6 Å². The van der Waals surface area contributed by atoms with Gasteiger partial charge >= 0.3 is 12.1 Å². The van der Waals surface area contributed by atoms with E-state index >= 15 is 0 Å². The van der Waals surface area contributed by atoms with Crippen molar-refractivity contribution < 1.29 is 32.6 Å². The van der Waals surface area contributed by atoms with E-state index in [1.54, 1.807) is 17.5 Å². The maximum atomic E-state index is 12.6. The third-order valence-electron chi connectivity index (χ3n) is 5.46. The number of nitrogens with zero attached hydrogens (tertiary/aromatic N) is 3. The molecule has 8 nitrogen and oxygen atoms in total. The maximum absolute atomic E-state index is 12.6. The van der Waals surface area contributed by atoms with Crippen LogP contribution >= 0.6 is 11.3 Å². The second-order valence-corrected chi connectivity index (χ2v) is 8.63. The van der Waals surface area contributed by atoms with Gasteiger partial charge in [-0.3, -0.25) is 9.69 Å². The summed E-state index contributed by atoms with van der Waals surface area (Å²) in [5.74, 6) is -1.80. The lowest BCUT2D eigenvalue weighted by molar-refractivity contribution is -0.192. The number of halogens is 3. The Morgan fingerprint density at radius 3 is 2.78 bits per heavy atom. The summed E-state index contributed by atoms with van der Waals surface area (Å²) in [5, 5.41) is 13.4. The van der Waals surface area contributed by atoms with Crippen molar-refractivity contribution in [3.8, 4) is 5.88 Å². The summed E-state index contributed by atoms with van der Waals surface area (Å²) < 4.78 is 37.6. The molecule has 12 heteroatoms. The Bertz CT molecular complexity index is 940. The minimum absolute atomic E-state index is 0.167. The second kappa shape index (κ2) is 9.82. The monoisotopic (exact) mass is 472 g/mol. The molecule has 4 rings (SSSR count). The van der Waals surface area contributed by atoms with Crippen molar-refractivity contribution in [1.82, 2.24) is 20.2 Å². The van der Waals surface area contributed by atoms with E-state index in [9.17, 15) is 18.0 Å². The number of alkyl halides is 3. The molecule has 2 aliphatic rings. The van der Waals surface area contributed by atoms with Crippen LogP contribution in [-0.4, -0.2) is 64.3 Å². The first kappa shape index (κ1) is 23.9. The normalized spacial score (nSPS) is 23.0. The molecule has 32 heavy (non-hydrogen) atoms. The number of rotatable bonds is 5. The molecule has 174 valence electrons. The molecule has 0 saturated carbocycles. The fraction of sp³-hybridized carbons (Fsp3) is 0.500. The van der Waals surface area contributed by atoms with Crippen LogP contribution < -0.4 is 10.1 Å². The van der Waals surface area contributed by atoms with E-state index in [1.165, 1.54) is 0 Å². The average molecular weight is 472 g/mol. The number of thiazole rings is 1. The second-order valence-electron chi connectivity index (χ2n) is 7.69. The first-order valence-electron chi connectivity index (χ1n) is 9.86. The van der Waals surface area contributed by atoms with Gasteiger partial charge in [0.15, 0.2) is 0 Å². The fourth-order valence-corrected chi connectivity index (χ4v) is 4.66. The number of carboxylic acid groups (broad SMARTS) is 1. The number of aromatic nitrogens is 2. The number of amides is 1. The molecule has 1 amide bonds. The quantitative estimate of drug-likeness (QED) is 0.689. The van der Waals surface area contributed by atoms with Gasteiger partial charge in [-0.15, -0.1) is 11.3 Å². The summed E-state index contributed by atoms with van der Waals surface area (Å²) in [6.07, 6.45) is -2.49. The Kier molecular flexibility index (Phi) is 7.34. The average Bonchev–Trinajstić information content (AvgIpc) is 3.43. The van der Waals surface area contributed by atoms with Crippen LogP contribution in [0.3, 0.4) is 0 Å². The Labute approximate surface area is 186 Å². The summed E-state index contributed by atoms with van der Waals surface area (Å²) >= 11 is 1.69. The number of carbonyl (C=O) groups is 2. The third-order valence-corrected chi connectivity index (χ3v) is 6.41. The van der Waals surface area contributed by atoms with Gasteiger partial charge in [0, 0.05) is 42.3 Å². The lowest BCUT2D eigenvalue weighted by Crippen LogP contribution is -2.40. The number of aliphatic carboxylic acids is 1. The van der Waals surface area contributed by atoms with E-state index in [0.717, 1.165) is 36.8 Å². The van der Waals surface area contributed by atoms with Crippen LogP contribution in [0, 0.1) is 18.3 Å². The highest BCUT2D eigenvalue weighted by Gasteiger charge is 2.54. The highest BCUT2D eigenvalue weighted by atomic mass is 32.1. The zero-order valence-corrected chi connectivity index (χ0v) is 18.1. The smallest absolute Gasteiger partial charge is 0.477 e. The molecular weight excluding hydrogens is 449 g/mol. The van der Waals surface area contributed by atoms with Gasteiger partial charge < -0.3 is 15.2 Å². The number of carboxylic acids is 1. The van der Waals surface area contributed by atoms with Crippen LogP contribution in [0.1, 0.15) is 17.1 Å². The summed E-state index contributed by atoms with van der Waals surface area (Å²) in [7, 11) is 0. The Morgan fingerprint density at radius 2 is 2.19 bits per heavy atom. The Hall–Kier alpha value is -2.73. The van der Waals surface area contributed by atoms with E-state index in [2.05, 4.69) is 25.6 Å². The van der Waals surface area contributed by atoms with E-state index in [4.69, 9.17) is 14.6 Å². The molecule has 4 heterocycles. The van der Waals surface area contributed by atoms with Crippen LogP contribution in [0.4, 0.5) is 13.2 Å². The number of likely N-dealkylation sites (tertiary alicyclic amines) is 1. The SMILES string of the molecule is Cc1csc(CN2CC[C@]3(C2)C(=O)NC[C@H]3COc2ccccn2)n1.O=C(O)C(F)(F)F. The number of aryl methyl sites for hydroxylation is 1. The van der Waals surface area contributed by atoms with Gasteiger partial charge in [-0.05, 0) is 26.0 Å². The van der Waals surface area contributed by atoms with Crippen molar-refractivity contribution in [2.24, 2.45) is 11.3 Å². The number of nitrogens with one attached hydrogen (secondary N) is 1. The van der Waals surface area contributed by atoms with E-state index in [1.807, 2.05) is 25.1 Å². The van der Waals surface area contributed by atoms with Crippen molar-refractivity contribution in [2.75, 3.05) is 26.2 Å². The summed E-state index contributed by atoms with van der Waals surface area (Å²) in [6, 6.07) is 5.62. The molecule has 2 aliphatic heterocycles. The molecule has 0 bridgehead atoms. The van der Waals surface area contributed by atoms with Crippen LogP contribution in [0.15, 0.2) is 29.8 Å². The molecule has 2 atom stereocenters. The molecule has 2 fully saturated rings. The topological polar surface area (TPSA) is 105 Å². The first-order valence-corrected chi connectivity index (χ1v) is 10.7. The zero-order valence-electron chi connectivity index (χ0n) is 17.3. The van der Waals surface area contributed by atoms with Crippen molar-refractivity contribution in [2.45, 2.75) is 26.1 Å². The molecule has 0 aliphatic carbocycles. The number of hydrogen-bond donors (Lipinski definition) is 2. The number of carbonyl (C=O) groups excluding carboxylic acids is 1. The largest absolute Gasteiger partial charge is 0.490 e.